The van der Waals surface area contributed by atoms with E-state index in [1.165, 1.54) is 30.3 Å². The number of fused-ring (bicyclic) bond motifs is 1. The molecule has 0 aliphatic rings. The van der Waals surface area contributed by atoms with Crippen LogP contribution in [-0.2, 0) is 6.54 Å². The molecule has 0 bridgehead atoms. The van der Waals surface area contributed by atoms with Crippen molar-refractivity contribution in [3.05, 3.63) is 95.4 Å². The van der Waals surface area contributed by atoms with E-state index in [2.05, 4.69) is 4.98 Å². The summed E-state index contributed by atoms with van der Waals surface area (Å²) in [5.41, 5.74) is 1.91. The molecule has 0 amide bonds. The van der Waals surface area contributed by atoms with Crippen LogP contribution >= 0.6 is 0 Å². The number of ketones is 1. The van der Waals surface area contributed by atoms with Crippen molar-refractivity contribution in [1.29, 1.82) is 0 Å². The Balaban J connectivity index is 1.64. The van der Waals surface area contributed by atoms with Crippen molar-refractivity contribution in [1.82, 2.24) is 4.98 Å². The number of carbonyl (C=O) groups excluding carboxylic acids is 1. The Morgan fingerprint density at radius 2 is 1.79 bits per heavy atom. The number of hydrogen-bond donors (Lipinski definition) is 0. The summed E-state index contributed by atoms with van der Waals surface area (Å²) in [6, 6.07) is 15.7. The summed E-state index contributed by atoms with van der Waals surface area (Å²) >= 11 is 0. The maximum atomic E-state index is 13.6. The molecule has 0 fully saturated rings. The van der Waals surface area contributed by atoms with Gasteiger partial charge in [-0.05, 0) is 55.0 Å². The molecule has 0 unspecified atom stereocenters. The van der Waals surface area contributed by atoms with Gasteiger partial charge in [-0.3, -0.25) is 4.79 Å². The molecule has 2 heterocycles. The molecule has 2 aromatic carbocycles. The molecule has 4 aromatic rings. The van der Waals surface area contributed by atoms with Gasteiger partial charge in [0.25, 0.3) is 0 Å². The zero-order valence-corrected chi connectivity index (χ0v) is 15.7. The number of benzene rings is 2. The van der Waals surface area contributed by atoms with Gasteiger partial charge in [0.1, 0.15) is 23.0 Å². The standard InChI is InChI=1S/C23H18F2N2O2/c1-15-19-12-18(25)9-10-21(19)29-23(15)20(28)14-27(22-4-2-3-11-26-22)13-16-5-7-17(24)8-6-16/h2-12H,13-14H2,1H3. The van der Waals surface area contributed by atoms with E-state index in [0.717, 1.165) is 5.56 Å². The van der Waals surface area contributed by atoms with Gasteiger partial charge in [0.05, 0.1) is 6.54 Å². The van der Waals surface area contributed by atoms with Crippen molar-refractivity contribution in [3.63, 3.8) is 0 Å². The fraction of sp³-hybridized carbons (Fsp3) is 0.130. The molecular formula is C23H18F2N2O2. The zero-order chi connectivity index (χ0) is 20.4. The van der Waals surface area contributed by atoms with E-state index in [4.69, 9.17) is 4.42 Å². The number of furan rings is 1. The summed E-state index contributed by atoms with van der Waals surface area (Å²) in [5.74, 6) is -0.131. The average Bonchev–Trinajstić information content (AvgIpc) is 3.06. The highest BCUT2D eigenvalue weighted by molar-refractivity contribution is 6.02. The summed E-state index contributed by atoms with van der Waals surface area (Å²) in [6.45, 7) is 2.12. The molecule has 0 saturated carbocycles. The number of Topliss-reactive ketones (excluding diaryl/α,β-unsaturated/α-hetero) is 1. The third-order valence-corrected chi connectivity index (χ3v) is 4.75. The maximum Gasteiger partial charge on any atom is 0.217 e. The summed E-state index contributed by atoms with van der Waals surface area (Å²) < 4.78 is 32.5. The number of aryl methyl sites for hydroxylation is 1. The third kappa shape index (κ3) is 4.01. The molecule has 0 radical (unpaired) electrons. The van der Waals surface area contributed by atoms with E-state index in [-0.39, 0.29) is 29.7 Å². The number of nitrogens with zero attached hydrogens (tertiary/aromatic N) is 2. The number of anilines is 1. The van der Waals surface area contributed by atoms with Crippen molar-refractivity contribution >= 4 is 22.6 Å². The molecule has 29 heavy (non-hydrogen) atoms. The topological polar surface area (TPSA) is 46.3 Å². The van der Waals surface area contributed by atoms with Crippen LogP contribution in [0.3, 0.4) is 0 Å². The van der Waals surface area contributed by atoms with Crippen LogP contribution in [0.15, 0.2) is 71.3 Å². The summed E-state index contributed by atoms with van der Waals surface area (Å²) in [4.78, 5) is 19.2. The summed E-state index contributed by atoms with van der Waals surface area (Å²) in [6.07, 6.45) is 1.65. The van der Waals surface area contributed by atoms with Gasteiger partial charge in [-0.1, -0.05) is 18.2 Å². The lowest BCUT2D eigenvalue weighted by atomic mass is 10.1. The van der Waals surface area contributed by atoms with Gasteiger partial charge in [-0.2, -0.15) is 0 Å². The smallest absolute Gasteiger partial charge is 0.217 e. The molecule has 0 spiro atoms. The van der Waals surface area contributed by atoms with Crippen LogP contribution in [0.5, 0.6) is 0 Å². The zero-order valence-electron chi connectivity index (χ0n) is 15.7. The Morgan fingerprint density at radius 3 is 2.52 bits per heavy atom. The highest BCUT2D eigenvalue weighted by Crippen LogP contribution is 2.27. The van der Waals surface area contributed by atoms with Crippen LogP contribution in [0.2, 0.25) is 0 Å². The highest BCUT2D eigenvalue weighted by atomic mass is 19.1. The maximum absolute atomic E-state index is 13.6. The number of pyridine rings is 1. The van der Waals surface area contributed by atoms with Crippen molar-refractivity contribution in [2.24, 2.45) is 0 Å². The Labute approximate surface area is 166 Å². The van der Waals surface area contributed by atoms with Gasteiger partial charge in [0, 0.05) is 23.7 Å². The van der Waals surface area contributed by atoms with Crippen LogP contribution in [0.25, 0.3) is 11.0 Å². The van der Waals surface area contributed by atoms with Crippen molar-refractivity contribution in [2.45, 2.75) is 13.5 Å². The second-order valence-electron chi connectivity index (χ2n) is 6.79. The molecule has 2 aromatic heterocycles. The number of hydrogen-bond acceptors (Lipinski definition) is 4. The van der Waals surface area contributed by atoms with Crippen LogP contribution in [-0.4, -0.2) is 17.3 Å². The normalized spacial score (nSPS) is 11.0. The molecule has 4 nitrogen and oxygen atoms in total. The van der Waals surface area contributed by atoms with Crippen molar-refractivity contribution in [2.75, 3.05) is 11.4 Å². The number of rotatable bonds is 6. The minimum atomic E-state index is -0.383. The van der Waals surface area contributed by atoms with Gasteiger partial charge < -0.3 is 9.32 Å². The molecule has 0 aliphatic carbocycles. The number of aromatic nitrogens is 1. The van der Waals surface area contributed by atoms with E-state index < -0.39 is 0 Å². The van der Waals surface area contributed by atoms with Gasteiger partial charge in [-0.15, -0.1) is 0 Å². The van der Waals surface area contributed by atoms with Crippen LogP contribution in [0, 0.1) is 18.6 Å². The molecule has 146 valence electrons. The van der Waals surface area contributed by atoms with E-state index in [0.29, 0.717) is 28.9 Å². The monoisotopic (exact) mass is 392 g/mol. The molecule has 0 N–H and O–H groups in total. The molecule has 4 rings (SSSR count). The van der Waals surface area contributed by atoms with Gasteiger partial charge in [-0.25, -0.2) is 13.8 Å². The predicted octanol–water partition coefficient (Wildman–Crippen LogP) is 5.30. The highest BCUT2D eigenvalue weighted by Gasteiger charge is 2.21. The van der Waals surface area contributed by atoms with E-state index in [1.807, 2.05) is 6.07 Å². The molecule has 0 aliphatic heterocycles. The van der Waals surface area contributed by atoms with Crippen LogP contribution in [0.1, 0.15) is 21.7 Å². The summed E-state index contributed by atoms with van der Waals surface area (Å²) in [5, 5.41) is 0.580. The van der Waals surface area contributed by atoms with Crippen molar-refractivity contribution < 1.29 is 18.0 Å². The lowest BCUT2D eigenvalue weighted by Gasteiger charge is -2.22. The SMILES string of the molecule is Cc1c(C(=O)CN(Cc2ccc(F)cc2)c2ccccn2)oc2ccc(F)cc12. The average molecular weight is 392 g/mol. The third-order valence-electron chi connectivity index (χ3n) is 4.75. The minimum Gasteiger partial charge on any atom is -0.453 e. The number of carbonyl (C=O) groups is 1. The Bertz CT molecular complexity index is 1150. The molecule has 0 saturated heterocycles. The Kier molecular flexibility index (Phi) is 5.08. The first-order valence-corrected chi connectivity index (χ1v) is 9.13. The van der Waals surface area contributed by atoms with E-state index >= 15 is 0 Å². The van der Waals surface area contributed by atoms with Gasteiger partial charge in [0.15, 0.2) is 5.76 Å². The fourth-order valence-electron chi connectivity index (χ4n) is 3.27. The first-order chi connectivity index (χ1) is 14.0. The molecular weight excluding hydrogens is 374 g/mol. The first-order valence-electron chi connectivity index (χ1n) is 9.13. The molecule has 0 atom stereocenters. The van der Waals surface area contributed by atoms with E-state index in [1.54, 1.807) is 42.3 Å². The van der Waals surface area contributed by atoms with Crippen LogP contribution in [0.4, 0.5) is 14.6 Å². The first kappa shape index (κ1) is 18.8. The second-order valence-corrected chi connectivity index (χ2v) is 6.79. The number of halogens is 2. The largest absolute Gasteiger partial charge is 0.453 e. The predicted molar refractivity (Wildman–Crippen MR) is 107 cm³/mol. The Hall–Kier alpha value is -3.54. The van der Waals surface area contributed by atoms with E-state index in [9.17, 15) is 13.6 Å². The quantitative estimate of drug-likeness (QED) is 0.418. The lowest BCUT2D eigenvalue weighted by Crippen LogP contribution is -2.30. The Morgan fingerprint density at radius 1 is 1.03 bits per heavy atom. The second kappa shape index (κ2) is 7.83. The minimum absolute atomic E-state index is 0.0114. The summed E-state index contributed by atoms with van der Waals surface area (Å²) in [7, 11) is 0. The van der Waals surface area contributed by atoms with Gasteiger partial charge >= 0.3 is 0 Å². The lowest BCUT2D eigenvalue weighted by molar-refractivity contribution is 0.0973. The van der Waals surface area contributed by atoms with Crippen LogP contribution < -0.4 is 4.90 Å². The molecule has 6 heteroatoms. The van der Waals surface area contributed by atoms with Gasteiger partial charge in [0.2, 0.25) is 5.78 Å². The fourth-order valence-corrected chi connectivity index (χ4v) is 3.27. The van der Waals surface area contributed by atoms with Crippen molar-refractivity contribution in [3.8, 4) is 0 Å².